The zero-order valence-corrected chi connectivity index (χ0v) is 15.4. The van der Waals surface area contributed by atoms with E-state index in [0.717, 1.165) is 11.6 Å². The number of amides is 1. The molecule has 0 aromatic heterocycles. The Bertz CT molecular complexity index is 953. The summed E-state index contributed by atoms with van der Waals surface area (Å²) < 4.78 is 25.5. The highest BCUT2D eigenvalue weighted by Crippen LogP contribution is 2.37. The van der Waals surface area contributed by atoms with Gasteiger partial charge in [0.05, 0.1) is 16.7 Å². The summed E-state index contributed by atoms with van der Waals surface area (Å²) in [5.41, 5.74) is 0.720. The molecule has 0 atom stereocenters. The molecule has 2 aromatic carbocycles. The van der Waals surface area contributed by atoms with Crippen molar-refractivity contribution in [3.63, 3.8) is 0 Å². The summed E-state index contributed by atoms with van der Waals surface area (Å²) in [5, 5.41) is 17.0. The molecule has 1 amide bonds. The number of carbonyl (C=O) groups excluding carboxylic acids is 1. The van der Waals surface area contributed by atoms with Gasteiger partial charge in [0.2, 0.25) is 0 Å². The molecular formula is C18H17ClFN3O5. The number of nitro groups is 1. The third-order valence-electron chi connectivity index (χ3n) is 4.56. The molecule has 4 rings (SSSR count). The highest BCUT2D eigenvalue weighted by molar-refractivity contribution is 6.07. The van der Waals surface area contributed by atoms with Crippen molar-refractivity contribution in [2.24, 2.45) is 0 Å². The van der Waals surface area contributed by atoms with Gasteiger partial charge in [0.1, 0.15) is 24.6 Å². The first-order valence-corrected chi connectivity index (χ1v) is 8.45. The Hall–Kier alpha value is -2.91. The molecular weight excluding hydrogens is 393 g/mol. The third kappa shape index (κ3) is 3.58. The van der Waals surface area contributed by atoms with Crippen LogP contribution >= 0.6 is 12.4 Å². The van der Waals surface area contributed by atoms with Crippen molar-refractivity contribution < 1.29 is 23.6 Å². The van der Waals surface area contributed by atoms with Crippen LogP contribution in [0, 0.1) is 15.9 Å². The van der Waals surface area contributed by atoms with Gasteiger partial charge in [0, 0.05) is 12.6 Å². The Morgan fingerprint density at radius 2 is 1.93 bits per heavy atom. The number of fused-ring (bicyclic) bond motifs is 2. The average Bonchev–Trinajstić information content (AvgIpc) is 2.69. The number of hydrogen-bond donors (Lipinski definition) is 2. The van der Waals surface area contributed by atoms with Crippen molar-refractivity contribution >= 4 is 29.7 Å². The van der Waals surface area contributed by atoms with Crippen LogP contribution in [0.15, 0.2) is 24.3 Å². The average molecular weight is 410 g/mol. The monoisotopic (exact) mass is 409 g/mol. The number of benzene rings is 2. The van der Waals surface area contributed by atoms with E-state index >= 15 is 0 Å². The number of nitrogens with zero attached hydrogens (tertiary/aromatic N) is 1. The van der Waals surface area contributed by atoms with Crippen LogP contribution in [-0.2, 0) is 13.0 Å². The maximum absolute atomic E-state index is 14.7. The molecule has 2 aromatic rings. The van der Waals surface area contributed by atoms with Crippen LogP contribution in [-0.4, -0.2) is 30.6 Å². The second-order valence-corrected chi connectivity index (χ2v) is 6.22. The lowest BCUT2D eigenvalue weighted by Crippen LogP contribution is -2.25. The van der Waals surface area contributed by atoms with Gasteiger partial charge in [-0.3, -0.25) is 14.9 Å². The third-order valence-corrected chi connectivity index (χ3v) is 4.56. The van der Waals surface area contributed by atoms with Gasteiger partial charge in [-0.2, -0.15) is 0 Å². The molecule has 0 fully saturated rings. The van der Waals surface area contributed by atoms with E-state index in [9.17, 15) is 19.3 Å². The highest BCUT2D eigenvalue weighted by Gasteiger charge is 2.27. The summed E-state index contributed by atoms with van der Waals surface area (Å²) in [6.45, 7) is 1.76. The quantitative estimate of drug-likeness (QED) is 0.597. The molecule has 8 nitrogen and oxygen atoms in total. The van der Waals surface area contributed by atoms with Gasteiger partial charge >= 0.3 is 0 Å². The number of rotatable bonds is 3. The van der Waals surface area contributed by atoms with Crippen molar-refractivity contribution in [3.05, 3.63) is 56.9 Å². The molecule has 0 aliphatic carbocycles. The predicted octanol–water partition coefficient (Wildman–Crippen LogP) is 2.82. The molecule has 0 spiro atoms. The van der Waals surface area contributed by atoms with E-state index in [1.807, 2.05) is 0 Å². The van der Waals surface area contributed by atoms with Crippen molar-refractivity contribution in [1.82, 2.24) is 5.32 Å². The topological polar surface area (TPSA) is 103 Å². The van der Waals surface area contributed by atoms with Gasteiger partial charge < -0.3 is 20.1 Å². The number of hydrogen-bond acceptors (Lipinski definition) is 6. The van der Waals surface area contributed by atoms with Crippen molar-refractivity contribution in [2.45, 2.75) is 13.0 Å². The number of nitrogens with one attached hydrogen (secondary N) is 2. The normalized spacial score (nSPS) is 14.5. The number of nitro benzene ring substituents is 1. The summed E-state index contributed by atoms with van der Waals surface area (Å²) in [4.78, 5) is 23.3. The van der Waals surface area contributed by atoms with Crippen LogP contribution in [0.25, 0.3) is 0 Å². The van der Waals surface area contributed by atoms with E-state index in [2.05, 4.69) is 10.6 Å². The lowest BCUT2D eigenvalue weighted by atomic mass is 9.99. The van der Waals surface area contributed by atoms with Crippen LogP contribution in [0.4, 0.5) is 15.8 Å². The molecule has 0 unspecified atom stereocenters. The van der Waals surface area contributed by atoms with Crippen LogP contribution in [0.1, 0.15) is 21.5 Å². The van der Waals surface area contributed by atoms with Crippen LogP contribution < -0.4 is 20.1 Å². The summed E-state index contributed by atoms with van der Waals surface area (Å²) in [6, 6.07) is 5.60. The van der Waals surface area contributed by atoms with E-state index in [1.165, 1.54) is 12.1 Å². The Balaban J connectivity index is 0.00000225. The van der Waals surface area contributed by atoms with Crippen LogP contribution in [0.2, 0.25) is 0 Å². The molecule has 0 bridgehead atoms. The fourth-order valence-electron chi connectivity index (χ4n) is 3.23. The minimum absolute atomic E-state index is 0. The molecule has 0 saturated heterocycles. The fraction of sp³-hybridized carbons (Fsp3) is 0.278. The minimum atomic E-state index is -0.786. The van der Waals surface area contributed by atoms with Gasteiger partial charge in [0.15, 0.2) is 11.5 Å². The van der Waals surface area contributed by atoms with E-state index in [0.29, 0.717) is 25.1 Å². The molecule has 2 aliphatic heterocycles. The first-order chi connectivity index (χ1) is 13.0. The molecule has 10 heteroatoms. The number of anilines is 1. The maximum Gasteiger partial charge on any atom is 0.286 e. The highest BCUT2D eigenvalue weighted by atomic mass is 35.5. The zero-order chi connectivity index (χ0) is 19.0. The molecule has 2 aliphatic rings. The van der Waals surface area contributed by atoms with Gasteiger partial charge in [0.25, 0.3) is 11.6 Å². The lowest BCUT2D eigenvalue weighted by molar-refractivity contribution is -0.385. The van der Waals surface area contributed by atoms with Crippen molar-refractivity contribution in [1.29, 1.82) is 0 Å². The number of ether oxygens (including phenoxy) is 2. The first-order valence-electron chi connectivity index (χ1n) is 8.45. The van der Waals surface area contributed by atoms with Crippen LogP contribution in [0.5, 0.6) is 11.5 Å². The first kappa shape index (κ1) is 19.8. The van der Waals surface area contributed by atoms with Gasteiger partial charge in [-0.25, -0.2) is 4.39 Å². The Labute approximate surface area is 165 Å². The molecule has 0 radical (unpaired) electrons. The number of halogens is 2. The van der Waals surface area contributed by atoms with Gasteiger partial charge in [-0.05, 0) is 30.2 Å². The van der Waals surface area contributed by atoms with E-state index in [1.54, 1.807) is 6.07 Å². The molecule has 0 saturated carbocycles. The van der Waals surface area contributed by atoms with Gasteiger partial charge in [-0.15, -0.1) is 12.4 Å². The van der Waals surface area contributed by atoms with Crippen LogP contribution in [0.3, 0.4) is 0 Å². The largest absolute Gasteiger partial charge is 0.486 e. The van der Waals surface area contributed by atoms with E-state index in [4.69, 9.17) is 9.47 Å². The van der Waals surface area contributed by atoms with Crippen molar-refractivity contribution in [2.75, 3.05) is 25.1 Å². The predicted molar refractivity (Wildman–Crippen MR) is 101 cm³/mol. The summed E-state index contributed by atoms with van der Waals surface area (Å²) >= 11 is 0. The SMILES string of the molecule is Cl.O=C(Nc1ccc2c(c1F)CCNC2)c1cc2c(cc1[N+](=O)[O-])OCCO2. The Morgan fingerprint density at radius 3 is 2.64 bits per heavy atom. The Morgan fingerprint density at radius 1 is 1.21 bits per heavy atom. The van der Waals surface area contributed by atoms with E-state index < -0.39 is 22.3 Å². The second kappa shape index (κ2) is 7.99. The minimum Gasteiger partial charge on any atom is -0.486 e. The zero-order valence-electron chi connectivity index (χ0n) is 14.6. The summed E-state index contributed by atoms with van der Waals surface area (Å²) in [5.74, 6) is -0.847. The van der Waals surface area contributed by atoms with Gasteiger partial charge in [-0.1, -0.05) is 6.07 Å². The standard InChI is InChI=1S/C18H16FN3O5.ClH/c19-17-11-3-4-20-9-10(11)1-2-13(17)21-18(23)12-7-15-16(27-6-5-26-15)8-14(12)22(24)25;/h1-2,7-8,20H,3-6,9H2,(H,21,23);1H. The maximum atomic E-state index is 14.7. The molecule has 2 heterocycles. The molecule has 148 valence electrons. The van der Waals surface area contributed by atoms with E-state index in [-0.39, 0.29) is 48.4 Å². The summed E-state index contributed by atoms with van der Waals surface area (Å²) in [6.07, 6.45) is 0.509. The molecule has 28 heavy (non-hydrogen) atoms. The fourth-order valence-corrected chi connectivity index (χ4v) is 3.23. The smallest absolute Gasteiger partial charge is 0.286 e. The Kier molecular flexibility index (Phi) is 5.66. The second-order valence-electron chi connectivity index (χ2n) is 6.22. The summed E-state index contributed by atoms with van der Waals surface area (Å²) in [7, 11) is 0. The van der Waals surface area contributed by atoms with Crippen molar-refractivity contribution in [3.8, 4) is 11.5 Å². The lowest BCUT2D eigenvalue weighted by Gasteiger charge is -2.20. The molecule has 2 N–H and O–H groups in total. The number of carbonyl (C=O) groups is 1.